The molecule has 0 aromatic carbocycles. The smallest absolute Gasteiger partial charge is 0.192 e. The number of allylic oxidation sites excluding steroid dienone is 1. The van der Waals surface area contributed by atoms with Crippen LogP contribution in [0.3, 0.4) is 0 Å². The van der Waals surface area contributed by atoms with Gasteiger partial charge in [-0.1, -0.05) is 33.4 Å². The van der Waals surface area contributed by atoms with Gasteiger partial charge in [0.15, 0.2) is 8.32 Å². The normalized spacial score (nSPS) is 29.9. The van der Waals surface area contributed by atoms with E-state index >= 15 is 0 Å². The fraction of sp³-hybridized carbons (Fsp3) is 0.778. The van der Waals surface area contributed by atoms with Crippen molar-refractivity contribution in [2.24, 2.45) is 5.41 Å². The molecule has 0 radical (unpaired) electrons. The molecule has 1 rings (SSSR count). The van der Waals surface area contributed by atoms with Crippen LogP contribution in [0, 0.1) is 5.41 Å². The Morgan fingerprint density at radius 1 is 1.33 bits per heavy atom. The van der Waals surface area contributed by atoms with Crippen molar-refractivity contribution < 1.29 is 9.53 Å². The van der Waals surface area contributed by atoms with E-state index in [2.05, 4.69) is 47.0 Å². The minimum atomic E-state index is -1.80. The van der Waals surface area contributed by atoms with Crippen LogP contribution < -0.4 is 0 Å². The van der Waals surface area contributed by atoms with Gasteiger partial charge in [0.05, 0.1) is 5.60 Å². The Morgan fingerprint density at radius 2 is 1.90 bits per heavy atom. The second-order valence-corrected chi connectivity index (χ2v) is 13.1. The van der Waals surface area contributed by atoms with Crippen molar-refractivity contribution in [3.8, 4) is 0 Å². The Bertz CT molecular complexity index is 408. The number of aliphatic hydroxyl groups is 1. The first-order chi connectivity index (χ1) is 9.42. The number of rotatable bonds is 7. The molecule has 1 N–H and O–H groups in total. The molecular weight excluding hydrogens is 276 g/mol. The molecule has 1 aliphatic carbocycles. The summed E-state index contributed by atoms with van der Waals surface area (Å²) in [6.45, 7) is 21.7. The lowest BCUT2D eigenvalue weighted by Crippen LogP contribution is -2.61. The summed E-state index contributed by atoms with van der Waals surface area (Å²) in [6.07, 6.45) is 5.59. The molecule has 2 atom stereocenters. The van der Waals surface area contributed by atoms with Gasteiger partial charge in [-0.2, -0.15) is 0 Å². The quantitative estimate of drug-likeness (QED) is 0.526. The topological polar surface area (TPSA) is 29.5 Å². The lowest BCUT2D eigenvalue weighted by Gasteiger charge is -2.58. The molecule has 0 aliphatic heterocycles. The summed E-state index contributed by atoms with van der Waals surface area (Å²) in [5, 5.41) is 11.2. The van der Waals surface area contributed by atoms with Crippen LogP contribution in [0.25, 0.3) is 0 Å². The highest BCUT2D eigenvalue weighted by Crippen LogP contribution is 2.57. The molecule has 122 valence electrons. The monoisotopic (exact) mass is 310 g/mol. The van der Waals surface area contributed by atoms with Gasteiger partial charge in [-0.05, 0) is 56.3 Å². The van der Waals surface area contributed by atoms with Gasteiger partial charge in [0.25, 0.3) is 0 Å². The summed E-state index contributed by atoms with van der Waals surface area (Å²) in [5.41, 5.74) is -0.0716. The van der Waals surface area contributed by atoms with Gasteiger partial charge in [0, 0.05) is 12.0 Å². The first-order valence-electron chi connectivity index (χ1n) is 8.05. The van der Waals surface area contributed by atoms with Gasteiger partial charge in [-0.15, -0.1) is 6.58 Å². The second-order valence-electron chi connectivity index (χ2n) is 8.30. The molecule has 0 aromatic heterocycles. The van der Waals surface area contributed by atoms with Crippen LogP contribution in [0.5, 0.6) is 0 Å². The molecule has 0 bridgehead atoms. The molecule has 0 amide bonds. The zero-order valence-corrected chi connectivity index (χ0v) is 15.9. The third kappa shape index (κ3) is 3.35. The van der Waals surface area contributed by atoms with Crippen molar-refractivity contribution >= 4 is 8.32 Å². The summed E-state index contributed by atoms with van der Waals surface area (Å²) in [5.74, 6) is 0. The van der Waals surface area contributed by atoms with E-state index in [1.165, 1.54) is 0 Å². The van der Waals surface area contributed by atoms with E-state index in [0.29, 0.717) is 6.61 Å². The molecule has 21 heavy (non-hydrogen) atoms. The maximum absolute atomic E-state index is 11.0. The van der Waals surface area contributed by atoms with Gasteiger partial charge < -0.3 is 9.53 Å². The number of hydrogen-bond acceptors (Lipinski definition) is 2. The summed E-state index contributed by atoms with van der Waals surface area (Å²) in [4.78, 5) is 0. The van der Waals surface area contributed by atoms with E-state index in [4.69, 9.17) is 4.43 Å². The molecular formula is C18H34O2Si. The fourth-order valence-corrected chi connectivity index (χ4v) is 3.96. The van der Waals surface area contributed by atoms with Crippen LogP contribution in [-0.4, -0.2) is 25.6 Å². The van der Waals surface area contributed by atoms with Gasteiger partial charge in [0.1, 0.15) is 0 Å². The van der Waals surface area contributed by atoms with E-state index in [9.17, 15) is 5.11 Å². The van der Waals surface area contributed by atoms with Gasteiger partial charge in [0.2, 0.25) is 0 Å². The Labute approximate surface area is 132 Å². The van der Waals surface area contributed by atoms with Crippen LogP contribution >= 0.6 is 0 Å². The van der Waals surface area contributed by atoms with Crippen LogP contribution in [0.15, 0.2) is 24.8 Å². The van der Waals surface area contributed by atoms with Gasteiger partial charge in [-0.3, -0.25) is 0 Å². The maximum atomic E-state index is 11.0. The average Bonchev–Trinajstić information content (AvgIpc) is 2.35. The molecule has 1 fully saturated rings. The number of hydrogen-bond donors (Lipinski definition) is 1. The molecule has 1 aliphatic rings. The highest BCUT2D eigenvalue weighted by Gasteiger charge is 2.58. The van der Waals surface area contributed by atoms with Crippen molar-refractivity contribution in [3.05, 3.63) is 24.8 Å². The third-order valence-corrected chi connectivity index (χ3v) is 10.4. The summed E-state index contributed by atoms with van der Waals surface area (Å²) in [6, 6.07) is 0. The standard InChI is InChI=1S/C18H34O2Si/c1-9-10-11-17(12-13-18(17,19)15(2)3)14-20-21(7,8)16(4,5)6/h9,19H,1-2,10-14H2,3-8H3/t17-,18+/m1/s1. The predicted octanol–water partition coefficient (Wildman–Crippen LogP) is 5.06. The third-order valence-electron chi connectivity index (χ3n) is 5.89. The molecule has 0 heterocycles. The summed E-state index contributed by atoms with van der Waals surface area (Å²) < 4.78 is 6.45. The van der Waals surface area contributed by atoms with E-state index in [0.717, 1.165) is 31.3 Å². The zero-order valence-electron chi connectivity index (χ0n) is 14.9. The minimum absolute atomic E-state index is 0.178. The molecule has 0 spiro atoms. The first-order valence-corrected chi connectivity index (χ1v) is 11.0. The highest BCUT2D eigenvalue weighted by molar-refractivity contribution is 6.74. The zero-order chi connectivity index (χ0) is 16.5. The van der Waals surface area contributed by atoms with E-state index in [1.807, 2.05) is 13.0 Å². The predicted molar refractivity (Wildman–Crippen MR) is 94.0 cm³/mol. The van der Waals surface area contributed by atoms with Crippen molar-refractivity contribution in [2.45, 2.75) is 77.1 Å². The summed E-state index contributed by atoms with van der Waals surface area (Å²) in [7, 11) is -1.80. The first kappa shape index (κ1) is 18.7. The van der Waals surface area contributed by atoms with Crippen LogP contribution in [0.4, 0.5) is 0 Å². The fourth-order valence-electron chi connectivity index (χ4n) is 2.89. The lowest BCUT2D eigenvalue weighted by molar-refractivity contribution is -0.161. The van der Waals surface area contributed by atoms with E-state index in [1.54, 1.807) is 0 Å². The molecule has 2 nitrogen and oxygen atoms in total. The van der Waals surface area contributed by atoms with Crippen LogP contribution in [0.2, 0.25) is 18.1 Å². The second kappa shape index (κ2) is 6.02. The summed E-state index contributed by atoms with van der Waals surface area (Å²) >= 11 is 0. The van der Waals surface area contributed by atoms with Crippen LogP contribution in [-0.2, 0) is 4.43 Å². The Hall–Kier alpha value is -0.383. The van der Waals surface area contributed by atoms with Gasteiger partial charge >= 0.3 is 0 Å². The average molecular weight is 311 g/mol. The Kier molecular flexibility index (Phi) is 5.35. The Morgan fingerprint density at radius 3 is 2.24 bits per heavy atom. The molecule has 0 saturated heterocycles. The van der Waals surface area contributed by atoms with Crippen molar-refractivity contribution in [1.29, 1.82) is 0 Å². The molecule has 3 heteroatoms. The van der Waals surface area contributed by atoms with Crippen LogP contribution in [0.1, 0.15) is 53.4 Å². The molecule has 1 saturated carbocycles. The molecule has 0 aromatic rings. The van der Waals surface area contributed by atoms with Crippen molar-refractivity contribution in [2.75, 3.05) is 6.61 Å². The highest BCUT2D eigenvalue weighted by atomic mass is 28.4. The SMILES string of the molecule is C=CCC[C@]1(CO[Si](C)(C)C(C)(C)C)CC[C@]1(O)C(=C)C. The van der Waals surface area contributed by atoms with Crippen molar-refractivity contribution in [3.63, 3.8) is 0 Å². The Balaban J connectivity index is 2.91. The largest absolute Gasteiger partial charge is 0.416 e. The van der Waals surface area contributed by atoms with E-state index < -0.39 is 13.9 Å². The van der Waals surface area contributed by atoms with Crippen molar-refractivity contribution in [1.82, 2.24) is 0 Å². The minimum Gasteiger partial charge on any atom is -0.416 e. The maximum Gasteiger partial charge on any atom is 0.192 e. The molecule has 0 unspecified atom stereocenters. The van der Waals surface area contributed by atoms with Gasteiger partial charge in [-0.25, -0.2) is 0 Å². The lowest BCUT2D eigenvalue weighted by atomic mass is 9.53. The van der Waals surface area contributed by atoms with E-state index in [-0.39, 0.29) is 10.5 Å².